The first kappa shape index (κ1) is 14.7. The Morgan fingerprint density at radius 2 is 2.10 bits per heavy atom. The van der Waals surface area contributed by atoms with Crippen LogP contribution in [-0.4, -0.2) is 12.5 Å². The lowest BCUT2D eigenvalue weighted by Crippen LogP contribution is -2.20. The van der Waals surface area contributed by atoms with Crippen LogP contribution >= 0.6 is 27.5 Å². The second-order valence-electron chi connectivity index (χ2n) is 4.03. The van der Waals surface area contributed by atoms with E-state index in [0.717, 1.165) is 0 Å². The van der Waals surface area contributed by atoms with E-state index in [1.807, 2.05) is 0 Å². The zero-order chi connectivity index (χ0) is 14.5. The second-order valence-corrected chi connectivity index (χ2v) is 5.32. The minimum atomic E-state index is -0.268. The van der Waals surface area contributed by atoms with Crippen molar-refractivity contribution in [2.75, 3.05) is 17.7 Å². The number of carbonyl (C=O) groups is 1. The number of nitrogens with two attached hydrogens (primary N) is 1. The van der Waals surface area contributed by atoms with Crippen molar-refractivity contribution in [1.29, 1.82) is 0 Å². The summed E-state index contributed by atoms with van der Waals surface area (Å²) in [5, 5.41) is 3.31. The third kappa shape index (κ3) is 4.15. The quantitative estimate of drug-likeness (QED) is 0.822. The Labute approximate surface area is 130 Å². The molecule has 20 heavy (non-hydrogen) atoms. The zero-order valence-electron chi connectivity index (χ0n) is 10.4. The SMILES string of the molecule is Nc1cccc(OCC(=O)Nc2ccc(Cl)cc2Br)c1. The van der Waals surface area contributed by atoms with Gasteiger partial charge in [-0.05, 0) is 46.3 Å². The van der Waals surface area contributed by atoms with Crippen molar-refractivity contribution in [2.45, 2.75) is 0 Å². The molecule has 0 radical (unpaired) electrons. The number of halogens is 2. The first-order valence-corrected chi connectivity index (χ1v) is 6.95. The van der Waals surface area contributed by atoms with Crippen molar-refractivity contribution >= 4 is 44.8 Å². The fourth-order valence-electron chi connectivity index (χ4n) is 1.53. The highest BCUT2D eigenvalue weighted by Crippen LogP contribution is 2.25. The largest absolute Gasteiger partial charge is 0.484 e. The number of carbonyl (C=O) groups excluding carboxylic acids is 1. The number of ether oxygens (including phenoxy) is 1. The van der Waals surface area contributed by atoms with Gasteiger partial charge in [-0.15, -0.1) is 0 Å². The summed E-state index contributed by atoms with van der Waals surface area (Å²) in [5.74, 6) is 0.283. The number of anilines is 2. The molecule has 0 aromatic heterocycles. The molecule has 3 N–H and O–H groups in total. The van der Waals surface area contributed by atoms with Gasteiger partial charge >= 0.3 is 0 Å². The summed E-state index contributed by atoms with van der Waals surface area (Å²) in [6, 6.07) is 12.0. The van der Waals surface area contributed by atoms with Crippen LogP contribution in [0.3, 0.4) is 0 Å². The van der Waals surface area contributed by atoms with Gasteiger partial charge in [0.15, 0.2) is 6.61 Å². The lowest BCUT2D eigenvalue weighted by molar-refractivity contribution is -0.118. The normalized spacial score (nSPS) is 10.1. The van der Waals surface area contributed by atoms with Crippen LogP contribution in [0.5, 0.6) is 5.75 Å². The maximum absolute atomic E-state index is 11.8. The molecule has 0 aliphatic heterocycles. The number of amides is 1. The number of nitrogens with one attached hydrogen (secondary N) is 1. The third-order valence-corrected chi connectivity index (χ3v) is 3.32. The second kappa shape index (κ2) is 6.63. The Hall–Kier alpha value is -1.72. The van der Waals surface area contributed by atoms with Crippen molar-refractivity contribution in [1.82, 2.24) is 0 Å². The van der Waals surface area contributed by atoms with Gasteiger partial charge in [-0.3, -0.25) is 4.79 Å². The summed E-state index contributed by atoms with van der Waals surface area (Å²) in [5.41, 5.74) is 6.84. The van der Waals surface area contributed by atoms with E-state index >= 15 is 0 Å². The molecule has 6 heteroatoms. The maximum atomic E-state index is 11.8. The molecule has 0 atom stereocenters. The molecule has 2 aromatic rings. The lowest BCUT2D eigenvalue weighted by atomic mass is 10.3. The minimum absolute atomic E-state index is 0.0987. The molecule has 0 aliphatic rings. The Morgan fingerprint density at radius 1 is 1.30 bits per heavy atom. The molecular formula is C14H12BrClN2O2. The van der Waals surface area contributed by atoms with Crippen molar-refractivity contribution in [3.05, 3.63) is 52.0 Å². The third-order valence-electron chi connectivity index (χ3n) is 2.43. The lowest BCUT2D eigenvalue weighted by Gasteiger charge is -2.09. The predicted octanol–water partition coefficient (Wildman–Crippen LogP) is 3.70. The first-order valence-electron chi connectivity index (χ1n) is 5.78. The standard InChI is InChI=1S/C14H12BrClN2O2/c15-12-6-9(16)4-5-13(12)18-14(19)8-20-11-3-1-2-10(17)7-11/h1-7H,8,17H2,(H,18,19). The van der Waals surface area contributed by atoms with Crippen LogP contribution in [0.25, 0.3) is 0 Å². The molecule has 104 valence electrons. The Morgan fingerprint density at radius 3 is 2.80 bits per heavy atom. The molecule has 0 fully saturated rings. The average molecular weight is 356 g/mol. The zero-order valence-corrected chi connectivity index (χ0v) is 12.7. The van der Waals surface area contributed by atoms with Gasteiger partial charge < -0.3 is 15.8 Å². The number of nitrogen functional groups attached to an aromatic ring is 1. The van der Waals surface area contributed by atoms with E-state index < -0.39 is 0 Å². The van der Waals surface area contributed by atoms with E-state index in [1.54, 1.807) is 42.5 Å². The van der Waals surface area contributed by atoms with Crippen molar-refractivity contribution in [3.63, 3.8) is 0 Å². The molecule has 0 unspecified atom stereocenters. The summed E-state index contributed by atoms with van der Waals surface area (Å²) >= 11 is 9.15. The van der Waals surface area contributed by atoms with Crippen LogP contribution < -0.4 is 15.8 Å². The molecule has 0 saturated heterocycles. The molecule has 0 aliphatic carbocycles. The highest BCUT2D eigenvalue weighted by Gasteiger charge is 2.07. The molecule has 2 rings (SSSR count). The van der Waals surface area contributed by atoms with Crippen LogP contribution in [0.15, 0.2) is 46.9 Å². The number of rotatable bonds is 4. The molecule has 1 amide bonds. The van der Waals surface area contributed by atoms with Gasteiger partial charge in [-0.1, -0.05) is 17.7 Å². The monoisotopic (exact) mass is 354 g/mol. The van der Waals surface area contributed by atoms with E-state index in [2.05, 4.69) is 21.2 Å². The Kier molecular flexibility index (Phi) is 4.87. The molecule has 0 heterocycles. The summed E-state index contributed by atoms with van der Waals surface area (Å²) in [6.45, 7) is -0.0987. The van der Waals surface area contributed by atoms with E-state index in [9.17, 15) is 4.79 Å². The van der Waals surface area contributed by atoms with E-state index in [1.165, 1.54) is 0 Å². The van der Waals surface area contributed by atoms with Crippen LogP contribution in [0.4, 0.5) is 11.4 Å². The van der Waals surface area contributed by atoms with Crippen molar-refractivity contribution < 1.29 is 9.53 Å². The highest BCUT2D eigenvalue weighted by molar-refractivity contribution is 9.10. The van der Waals surface area contributed by atoms with E-state index in [4.69, 9.17) is 22.1 Å². The summed E-state index contributed by atoms with van der Waals surface area (Å²) < 4.78 is 6.06. The Bertz CT molecular complexity index is 634. The smallest absolute Gasteiger partial charge is 0.262 e. The predicted molar refractivity (Wildman–Crippen MR) is 84.1 cm³/mol. The van der Waals surface area contributed by atoms with Crippen LogP contribution in [0.2, 0.25) is 5.02 Å². The van der Waals surface area contributed by atoms with Gasteiger partial charge in [-0.2, -0.15) is 0 Å². The summed E-state index contributed by atoms with van der Waals surface area (Å²) in [4.78, 5) is 11.8. The highest BCUT2D eigenvalue weighted by atomic mass is 79.9. The van der Waals surface area contributed by atoms with Gasteiger partial charge in [0.25, 0.3) is 5.91 Å². The molecule has 4 nitrogen and oxygen atoms in total. The minimum Gasteiger partial charge on any atom is -0.484 e. The first-order chi connectivity index (χ1) is 9.54. The fraction of sp³-hybridized carbons (Fsp3) is 0.0714. The van der Waals surface area contributed by atoms with Crippen molar-refractivity contribution in [2.24, 2.45) is 0 Å². The number of hydrogen-bond acceptors (Lipinski definition) is 3. The topological polar surface area (TPSA) is 64.3 Å². The number of benzene rings is 2. The van der Waals surface area contributed by atoms with Crippen LogP contribution in [0, 0.1) is 0 Å². The van der Waals surface area contributed by atoms with Gasteiger partial charge in [0, 0.05) is 21.2 Å². The molecule has 2 aromatic carbocycles. The van der Waals surface area contributed by atoms with Gasteiger partial charge in [0.2, 0.25) is 0 Å². The Balaban J connectivity index is 1.92. The summed E-state index contributed by atoms with van der Waals surface area (Å²) in [6.07, 6.45) is 0. The molecule has 0 saturated carbocycles. The van der Waals surface area contributed by atoms with Gasteiger partial charge in [0.05, 0.1) is 5.69 Å². The van der Waals surface area contributed by atoms with Crippen LogP contribution in [0.1, 0.15) is 0 Å². The van der Waals surface area contributed by atoms with Crippen molar-refractivity contribution in [3.8, 4) is 5.75 Å². The fourth-order valence-corrected chi connectivity index (χ4v) is 2.31. The average Bonchev–Trinajstić information content (AvgIpc) is 2.40. The molecule has 0 bridgehead atoms. The maximum Gasteiger partial charge on any atom is 0.262 e. The van der Waals surface area contributed by atoms with Gasteiger partial charge in [0.1, 0.15) is 5.75 Å². The van der Waals surface area contributed by atoms with E-state index in [-0.39, 0.29) is 12.5 Å². The summed E-state index contributed by atoms with van der Waals surface area (Å²) in [7, 11) is 0. The van der Waals surface area contributed by atoms with E-state index in [0.29, 0.717) is 26.6 Å². The van der Waals surface area contributed by atoms with Gasteiger partial charge in [-0.25, -0.2) is 0 Å². The molecular weight excluding hydrogens is 344 g/mol. The van der Waals surface area contributed by atoms with Crippen LogP contribution in [-0.2, 0) is 4.79 Å². The number of hydrogen-bond donors (Lipinski definition) is 2. The molecule has 0 spiro atoms.